The Kier molecular flexibility index (Phi) is 5.53. The number of carbonyl (C=O) groups is 1. The van der Waals surface area contributed by atoms with Gasteiger partial charge in [-0.1, -0.05) is 30.0 Å². The van der Waals surface area contributed by atoms with E-state index in [0.717, 1.165) is 35.8 Å². The summed E-state index contributed by atoms with van der Waals surface area (Å²) in [5.74, 6) is 0.325. The third kappa shape index (κ3) is 3.90. The van der Waals surface area contributed by atoms with Gasteiger partial charge in [0.2, 0.25) is 0 Å². The number of fused-ring (bicyclic) bond motifs is 1. The minimum atomic E-state index is -0.0599. The molecule has 1 aliphatic carbocycles. The molecule has 0 saturated carbocycles. The molecule has 0 unspecified atom stereocenters. The Morgan fingerprint density at radius 2 is 2.03 bits per heavy atom. The molecule has 5 heterocycles. The molecule has 1 amide bonds. The van der Waals surface area contributed by atoms with E-state index in [1.54, 1.807) is 22.7 Å². The van der Waals surface area contributed by atoms with Gasteiger partial charge in [0.05, 0.1) is 11.4 Å². The van der Waals surface area contributed by atoms with E-state index in [9.17, 15) is 4.79 Å². The van der Waals surface area contributed by atoms with E-state index >= 15 is 0 Å². The van der Waals surface area contributed by atoms with Crippen LogP contribution in [-0.2, 0) is 4.79 Å². The van der Waals surface area contributed by atoms with Gasteiger partial charge in [0, 0.05) is 16.0 Å². The molecule has 0 spiro atoms. The van der Waals surface area contributed by atoms with Gasteiger partial charge in [0.15, 0.2) is 10.8 Å². The van der Waals surface area contributed by atoms with Crippen molar-refractivity contribution in [2.45, 2.75) is 30.5 Å². The summed E-state index contributed by atoms with van der Waals surface area (Å²) in [7, 11) is 0. The highest BCUT2D eigenvalue weighted by molar-refractivity contribution is 7.99. The summed E-state index contributed by atoms with van der Waals surface area (Å²) in [5.41, 5.74) is 8.02. The number of hydrogen-bond donors (Lipinski definition) is 1. The Labute approximate surface area is 203 Å². The van der Waals surface area contributed by atoms with Crippen LogP contribution in [0.5, 0.6) is 0 Å². The minimum absolute atomic E-state index is 0.0379. The summed E-state index contributed by atoms with van der Waals surface area (Å²) < 4.78 is 1.91. The number of hydrogen-bond acceptors (Lipinski definition) is 7. The van der Waals surface area contributed by atoms with Crippen LogP contribution in [0, 0.1) is 0 Å². The molecule has 4 aromatic heterocycles. The van der Waals surface area contributed by atoms with Crippen LogP contribution in [0.15, 0.2) is 81.4 Å². The SMILES string of the molecule is O=C(CSc1nnc2ccccn12)N1NC2=C(CCC/C2=C\c2cccs2)[C@H]1c1cccs1. The standard InChI is InChI=1S/C24H21N5OS3/c30-21(15-33-24-26-25-20-10-1-2-11-28(20)24)29-23(19-9-5-13-32-19)18-8-3-6-16(22(18)27-29)14-17-7-4-12-31-17/h1-2,4-5,7,9-14,23,27H,3,6,8,15H2/b16-14+/t23-/m0/s1. The van der Waals surface area contributed by atoms with Crippen LogP contribution in [0.1, 0.15) is 35.1 Å². The molecule has 1 N–H and O–H groups in total. The van der Waals surface area contributed by atoms with Crippen molar-refractivity contribution in [1.82, 2.24) is 25.0 Å². The number of pyridine rings is 1. The molecule has 0 fully saturated rings. The average Bonchev–Trinajstić information content (AvgIpc) is 3.64. The van der Waals surface area contributed by atoms with E-state index in [2.05, 4.69) is 56.7 Å². The van der Waals surface area contributed by atoms with Gasteiger partial charge in [0.1, 0.15) is 6.04 Å². The fourth-order valence-electron chi connectivity index (χ4n) is 4.44. The second-order valence-corrected chi connectivity index (χ2v) is 10.8. The predicted molar refractivity (Wildman–Crippen MR) is 134 cm³/mol. The van der Waals surface area contributed by atoms with Crippen molar-refractivity contribution < 1.29 is 4.79 Å². The second-order valence-electron chi connectivity index (χ2n) is 7.93. The number of rotatable bonds is 5. The van der Waals surface area contributed by atoms with E-state index in [0.29, 0.717) is 0 Å². The van der Waals surface area contributed by atoms with E-state index in [-0.39, 0.29) is 17.7 Å². The number of thioether (sulfide) groups is 1. The monoisotopic (exact) mass is 491 g/mol. The van der Waals surface area contributed by atoms with Crippen molar-refractivity contribution in [1.29, 1.82) is 0 Å². The summed E-state index contributed by atoms with van der Waals surface area (Å²) in [6, 6.07) is 14.1. The highest BCUT2D eigenvalue weighted by atomic mass is 32.2. The molecule has 0 bridgehead atoms. The van der Waals surface area contributed by atoms with Crippen LogP contribution in [-0.4, -0.2) is 31.3 Å². The summed E-state index contributed by atoms with van der Waals surface area (Å²) in [5, 5.41) is 15.2. The molecular formula is C24H21N5OS3. The summed E-state index contributed by atoms with van der Waals surface area (Å²) >= 11 is 4.86. The maximum absolute atomic E-state index is 13.5. The normalized spacial score (nSPS) is 19.3. The van der Waals surface area contributed by atoms with Gasteiger partial charge in [0.25, 0.3) is 5.91 Å². The molecule has 1 atom stereocenters. The Hall–Kier alpha value is -2.88. The van der Waals surface area contributed by atoms with E-state index in [1.807, 2.05) is 33.8 Å². The number of nitrogens with zero attached hydrogens (tertiary/aromatic N) is 4. The first-order chi connectivity index (χ1) is 16.3. The summed E-state index contributed by atoms with van der Waals surface area (Å²) in [4.78, 5) is 15.9. The molecule has 33 heavy (non-hydrogen) atoms. The van der Waals surface area contributed by atoms with E-state index < -0.39 is 0 Å². The van der Waals surface area contributed by atoms with Crippen LogP contribution in [0.4, 0.5) is 0 Å². The van der Waals surface area contributed by atoms with Crippen LogP contribution in [0.2, 0.25) is 0 Å². The van der Waals surface area contributed by atoms with Gasteiger partial charge in [-0.05, 0) is 71.5 Å². The fraction of sp³-hybridized carbons (Fsp3) is 0.208. The second kappa shape index (κ2) is 8.81. The number of aromatic nitrogens is 3. The molecule has 9 heteroatoms. The molecular weight excluding hydrogens is 470 g/mol. The van der Waals surface area contributed by atoms with E-state index in [1.165, 1.54) is 32.7 Å². The van der Waals surface area contributed by atoms with Crippen LogP contribution in [0.25, 0.3) is 11.7 Å². The number of nitrogens with one attached hydrogen (secondary N) is 1. The first kappa shape index (κ1) is 20.7. The summed E-state index contributed by atoms with van der Waals surface area (Å²) in [6.07, 6.45) is 7.30. The van der Waals surface area contributed by atoms with Crippen molar-refractivity contribution >= 4 is 52.1 Å². The molecule has 6 rings (SSSR count). The minimum Gasteiger partial charge on any atom is -0.295 e. The van der Waals surface area contributed by atoms with Crippen LogP contribution < -0.4 is 5.43 Å². The molecule has 0 aromatic carbocycles. The third-order valence-corrected chi connectivity index (χ3v) is 8.58. The molecule has 0 saturated heterocycles. The number of thiophene rings is 2. The van der Waals surface area contributed by atoms with Crippen molar-refractivity contribution in [3.8, 4) is 0 Å². The molecule has 166 valence electrons. The van der Waals surface area contributed by atoms with Gasteiger partial charge in [-0.3, -0.25) is 14.6 Å². The fourth-order valence-corrected chi connectivity index (χ4v) is 6.75. The predicted octanol–water partition coefficient (Wildman–Crippen LogP) is 5.55. The van der Waals surface area contributed by atoms with Gasteiger partial charge in [-0.2, -0.15) is 0 Å². The number of amides is 1. The van der Waals surface area contributed by atoms with Crippen molar-refractivity contribution in [2.75, 3.05) is 5.75 Å². The number of allylic oxidation sites excluding steroid dienone is 1. The zero-order chi connectivity index (χ0) is 22.2. The quantitative estimate of drug-likeness (QED) is 0.371. The van der Waals surface area contributed by atoms with Crippen molar-refractivity contribution in [3.63, 3.8) is 0 Å². The molecule has 2 aliphatic rings. The maximum Gasteiger partial charge on any atom is 0.252 e. The van der Waals surface area contributed by atoms with E-state index in [4.69, 9.17) is 0 Å². The lowest BCUT2D eigenvalue weighted by Gasteiger charge is -2.25. The largest absolute Gasteiger partial charge is 0.295 e. The van der Waals surface area contributed by atoms with Gasteiger partial charge in [-0.15, -0.1) is 32.9 Å². The Balaban J connectivity index is 1.28. The number of carbonyl (C=O) groups excluding carboxylic acids is 1. The Morgan fingerprint density at radius 3 is 2.88 bits per heavy atom. The highest BCUT2D eigenvalue weighted by Crippen LogP contribution is 2.45. The first-order valence-corrected chi connectivity index (χ1v) is 13.5. The average molecular weight is 492 g/mol. The topological polar surface area (TPSA) is 62.5 Å². The van der Waals surface area contributed by atoms with Gasteiger partial charge >= 0.3 is 0 Å². The highest BCUT2D eigenvalue weighted by Gasteiger charge is 2.39. The van der Waals surface area contributed by atoms with Crippen molar-refractivity contribution in [3.05, 3.63) is 86.0 Å². The van der Waals surface area contributed by atoms with Gasteiger partial charge in [-0.25, -0.2) is 5.01 Å². The molecule has 4 aromatic rings. The molecule has 6 nitrogen and oxygen atoms in total. The summed E-state index contributed by atoms with van der Waals surface area (Å²) in [6.45, 7) is 0. The lowest BCUT2D eigenvalue weighted by Crippen LogP contribution is -2.41. The maximum atomic E-state index is 13.5. The third-order valence-electron chi connectivity index (χ3n) is 5.90. The van der Waals surface area contributed by atoms with Crippen molar-refractivity contribution in [2.24, 2.45) is 0 Å². The number of hydrazine groups is 1. The Bertz CT molecular complexity index is 1350. The molecule has 0 radical (unpaired) electrons. The first-order valence-electron chi connectivity index (χ1n) is 10.8. The van der Waals surface area contributed by atoms with Gasteiger partial charge < -0.3 is 0 Å². The molecule has 1 aliphatic heterocycles. The lowest BCUT2D eigenvalue weighted by atomic mass is 9.88. The zero-order valence-electron chi connectivity index (χ0n) is 17.7. The Morgan fingerprint density at radius 1 is 1.12 bits per heavy atom. The van der Waals surface area contributed by atoms with Crippen LogP contribution >= 0.6 is 34.4 Å². The van der Waals surface area contributed by atoms with Crippen LogP contribution in [0.3, 0.4) is 0 Å². The lowest BCUT2D eigenvalue weighted by molar-refractivity contribution is -0.131. The smallest absolute Gasteiger partial charge is 0.252 e. The zero-order valence-corrected chi connectivity index (χ0v) is 20.1.